The number of benzene rings is 2. The summed E-state index contributed by atoms with van der Waals surface area (Å²) in [6.45, 7) is 2.39. The highest BCUT2D eigenvalue weighted by Gasteiger charge is 2.01. The van der Waals surface area contributed by atoms with Crippen molar-refractivity contribution in [1.29, 1.82) is 0 Å². The number of imidazole rings is 1. The minimum absolute atomic E-state index is 0.372. The second-order valence-electron chi connectivity index (χ2n) is 5.28. The summed E-state index contributed by atoms with van der Waals surface area (Å²) in [5, 5.41) is 4.29. The first-order valence-electron chi connectivity index (χ1n) is 7.44. The fourth-order valence-corrected chi connectivity index (χ4v) is 2.55. The molecule has 0 amide bonds. The maximum Gasteiger partial charge on any atom is 0.221 e. The van der Waals surface area contributed by atoms with Gasteiger partial charge in [-0.05, 0) is 42.8 Å². The molecule has 1 aromatic heterocycles. The molecule has 0 bridgehead atoms. The molecule has 0 atom stereocenters. The predicted molar refractivity (Wildman–Crippen MR) is 99.3 cm³/mol. The van der Waals surface area contributed by atoms with Gasteiger partial charge < -0.3 is 10.5 Å². The molecule has 0 fully saturated rings. The minimum Gasteiger partial charge on any atom is -0.489 e. The lowest BCUT2D eigenvalue weighted by molar-refractivity contribution is 0.305. The van der Waals surface area contributed by atoms with Crippen LogP contribution in [-0.4, -0.2) is 15.9 Å². The minimum atomic E-state index is 0.372. The number of anilines is 1. The molecule has 0 spiro atoms. The van der Waals surface area contributed by atoms with Gasteiger partial charge in [-0.1, -0.05) is 34.1 Å². The van der Waals surface area contributed by atoms with Gasteiger partial charge >= 0.3 is 0 Å². The van der Waals surface area contributed by atoms with Gasteiger partial charge in [-0.3, -0.25) is 0 Å². The molecule has 0 unspecified atom stereocenters. The molecule has 0 aliphatic heterocycles. The van der Waals surface area contributed by atoms with Gasteiger partial charge in [0.2, 0.25) is 5.95 Å². The van der Waals surface area contributed by atoms with Crippen molar-refractivity contribution >= 4 is 28.1 Å². The van der Waals surface area contributed by atoms with Crippen molar-refractivity contribution in [2.24, 2.45) is 5.10 Å². The van der Waals surface area contributed by atoms with Crippen molar-refractivity contribution in [3.8, 4) is 5.75 Å². The maximum absolute atomic E-state index is 5.80. The summed E-state index contributed by atoms with van der Waals surface area (Å²) in [5.74, 6) is 1.18. The number of rotatable bonds is 5. The van der Waals surface area contributed by atoms with E-state index in [9.17, 15) is 0 Å². The lowest BCUT2D eigenvalue weighted by atomic mass is 10.2. The molecule has 122 valence electrons. The van der Waals surface area contributed by atoms with Gasteiger partial charge in [0.05, 0.1) is 18.1 Å². The Morgan fingerprint density at radius 3 is 2.62 bits per heavy atom. The Bertz CT molecular complexity index is 856. The highest BCUT2D eigenvalue weighted by Crippen LogP contribution is 2.19. The number of nitrogen functional groups attached to an aromatic ring is 1. The number of nitrogens with zero attached hydrogens (tertiary/aromatic N) is 3. The van der Waals surface area contributed by atoms with Crippen LogP contribution in [0.25, 0.3) is 0 Å². The van der Waals surface area contributed by atoms with E-state index in [0.717, 1.165) is 27.0 Å². The topological polar surface area (TPSA) is 65.4 Å². The number of hydrogen-bond acceptors (Lipinski definition) is 4. The van der Waals surface area contributed by atoms with Gasteiger partial charge in [0, 0.05) is 10.0 Å². The highest BCUT2D eigenvalue weighted by atomic mass is 79.9. The molecule has 6 heteroatoms. The average molecular weight is 385 g/mol. The summed E-state index contributed by atoms with van der Waals surface area (Å²) in [6, 6.07) is 15.7. The van der Waals surface area contributed by atoms with Gasteiger partial charge in [-0.2, -0.15) is 5.10 Å². The predicted octanol–water partition coefficient (Wildman–Crippen LogP) is 4.00. The van der Waals surface area contributed by atoms with Crippen LogP contribution in [0.5, 0.6) is 5.75 Å². The Morgan fingerprint density at radius 1 is 1.21 bits per heavy atom. The molecule has 0 radical (unpaired) electrons. The maximum atomic E-state index is 5.80. The van der Waals surface area contributed by atoms with Crippen molar-refractivity contribution in [1.82, 2.24) is 9.66 Å². The normalized spacial score (nSPS) is 11.1. The molecule has 0 aliphatic rings. The summed E-state index contributed by atoms with van der Waals surface area (Å²) in [4.78, 5) is 4.10. The fraction of sp³-hybridized carbons (Fsp3) is 0.111. The number of aryl methyl sites for hydroxylation is 1. The Morgan fingerprint density at radius 2 is 1.96 bits per heavy atom. The molecule has 0 saturated heterocycles. The van der Waals surface area contributed by atoms with E-state index >= 15 is 0 Å². The summed E-state index contributed by atoms with van der Waals surface area (Å²) in [5.41, 5.74) is 8.64. The zero-order chi connectivity index (χ0) is 16.9. The SMILES string of the molecule is Cc1cn(N=Cc2ccc(OCc3ccccc3Br)cc2)c(N)n1. The van der Waals surface area contributed by atoms with Gasteiger partial charge in [-0.15, -0.1) is 0 Å². The van der Waals surface area contributed by atoms with E-state index in [-0.39, 0.29) is 0 Å². The zero-order valence-electron chi connectivity index (χ0n) is 13.2. The molecule has 3 rings (SSSR count). The lowest BCUT2D eigenvalue weighted by Crippen LogP contribution is -1.97. The van der Waals surface area contributed by atoms with Crippen LogP contribution in [0.4, 0.5) is 5.95 Å². The Labute approximate surface area is 148 Å². The smallest absolute Gasteiger partial charge is 0.221 e. The molecule has 1 heterocycles. The first-order chi connectivity index (χ1) is 11.6. The number of aromatic nitrogens is 2. The quantitative estimate of drug-likeness (QED) is 0.676. The van der Waals surface area contributed by atoms with Gasteiger partial charge in [0.1, 0.15) is 12.4 Å². The Kier molecular flexibility index (Phi) is 4.96. The molecule has 5 nitrogen and oxygen atoms in total. The molecular formula is C18H17BrN4O. The standard InChI is InChI=1S/C18H17BrN4O/c1-13-11-23(18(20)22-13)21-10-14-6-8-16(9-7-14)24-12-15-4-2-3-5-17(15)19/h2-11H,12H2,1H3,(H2,20,22). The molecule has 2 N–H and O–H groups in total. The van der Waals surface area contributed by atoms with E-state index in [1.54, 1.807) is 17.1 Å². The number of nitrogens with two attached hydrogens (primary N) is 1. The Hall–Kier alpha value is -2.60. The van der Waals surface area contributed by atoms with E-state index in [4.69, 9.17) is 10.5 Å². The van der Waals surface area contributed by atoms with E-state index in [2.05, 4.69) is 26.0 Å². The third-order valence-electron chi connectivity index (χ3n) is 3.40. The van der Waals surface area contributed by atoms with Crippen molar-refractivity contribution in [2.45, 2.75) is 13.5 Å². The van der Waals surface area contributed by atoms with Crippen molar-refractivity contribution in [3.63, 3.8) is 0 Å². The van der Waals surface area contributed by atoms with Crippen molar-refractivity contribution in [2.75, 3.05) is 5.73 Å². The number of halogens is 1. The average Bonchev–Trinajstić information content (AvgIpc) is 2.91. The van der Waals surface area contributed by atoms with E-state index < -0.39 is 0 Å². The van der Waals surface area contributed by atoms with Crippen molar-refractivity contribution < 1.29 is 4.74 Å². The second-order valence-corrected chi connectivity index (χ2v) is 6.13. The number of hydrogen-bond donors (Lipinski definition) is 1. The number of ether oxygens (including phenoxy) is 1. The van der Waals surface area contributed by atoms with Crippen LogP contribution in [0.1, 0.15) is 16.8 Å². The summed E-state index contributed by atoms with van der Waals surface area (Å²) >= 11 is 3.52. The van der Waals surface area contributed by atoms with Crippen LogP contribution in [0.2, 0.25) is 0 Å². The van der Waals surface area contributed by atoms with Crippen LogP contribution < -0.4 is 10.5 Å². The summed E-state index contributed by atoms with van der Waals surface area (Å²) in [6.07, 6.45) is 3.51. The van der Waals surface area contributed by atoms with E-state index in [1.165, 1.54) is 0 Å². The van der Waals surface area contributed by atoms with Crippen molar-refractivity contribution in [3.05, 3.63) is 76.0 Å². The van der Waals surface area contributed by atoms with Crippen LogP contribution in [0.15, 0.2) is 64.3 Å². The van der Waals surface area contributed by atoms with Gasteiger partial charge in [-0.25, -0.2) is 9.66 Å². The molecule has 3 aromatic rings. The third-order valence-corrected chi connectivity index (χ3v) is 4.17. The molecule has 0 saturated carbocycles. The highest BCUT2D eigenvalue weighted by molar-refractivity contribution is 9.10. The Balaban J connectivity index is 1.63. The zero-order valence-corrected chi connectivity index (χ0v) is 14.8. The summed E-state index contributed by atoms with van der Waals surface area (Å²) in [7, 11) is 0. The van der Waals surface area contributed by atoms with Crippen LogP contribution in [-0.2, 0) is 6.61 Å². The fourth-order valence-electron chi connectivity index (χ4n) is 2.15. The molecule has 0 aliphatic carbocycles. The van der Waals surface area contributed by atoms with Gasteiger partial charge in [0.15, 0.2) is 0 Å². The van der Waals surface area contributed by atoms with Crippen LogP contribution >= 0.6 is 15.9 Å². The third kappa shape index (κ3) is 4.02. The van der Waals surface area contributed by atoms with E-state index in [1.807, 2.05) is 55.5 Å². The monoisotopic (exact) mass is 384 g/mol. The molecule has 24 heavy (non-hydrogen) atoms. The molecule has 2 aromatic carbocycles. The van der Waals surface area contributed by atoms with E-state index in [0.29, 0.717) is 12.6 Å². The molecular weight excluding hydrogens is 368 g/mol. The van der Waals surface area contributed by atoms with Crippen LogP contribution in [0, 0.1) is 6.92 Å². The first-order valence-corrected chi connectivity index (χ1v) is 8.23. The van der Waals surface area contributed by atoms with Crippen LogP contribution in [0.3, 0.4) is 0 Å². The van der Waals surface area contributed by atoms with Gasteiger partial charge in [0.25, 0.3) is 0 Å². The summed E-state index contributed by atoms with van der Waals surface area (Å²) < 4.78 is 8.40. The largest absolute Gasteiger partial charge is 0.489 e. The lowest BCUT2D eigenvalue weighted by Gasteiger charge is -2.08. The first kappa shape index (κ1) is 16.3. The second kappa shape index (κ2) is 7.31.